The lowest BCUT2D eigenvalue weighted by atomic mass is 10.1. The summed E-state index contributed by atoms with van der Waals surface area (Å²) in [5, 5.41) is 3.07. The van der Waals surface area contributed by atoms with Crippen LogP contribution in [0.25, 0.3) is 0 Å². The van der Waals surface area contributed by atoms with Gasteiger partial charge in [0.2, 0.25) is 0 Å². The van der Waals surface area contributed by atoms with Gasteiger partial charge < -0.3 is 5.32 Å². The van der Waals surface area contributed by atoms with E-state index in [4.69, 9.17) is 11.6 Å². The highest BCUT2D eigenvalue weighted by Crippen LogP contribution is 2.24. The van der Waals surface area contributed by atoms with Crippen LogP contribution in [0.5, 0.6) is 0 Å². The number of halogens is 1. The number of carbonyl (C=O) groups is 2. The minimum Gasteiger partial charge on any atom is -0.322 e. The quantitative estimate of drug-likeness (QED) is 0.565. The molecule has 0 fully saturated rings. The van der Waals surface area contributed by atoms with E-state index >= 15 is 0 Å². The van der Waals surface area contributed by atoms with Crippen molar-refractivity contribution in [3.63, 3.8) is 0 Å². The summed E-state index contributed by atoms with van der Waals surface area (Å²) in [4.78, 5) is 23.2. The molecule has 0 aromatic heterocycles. The summed E-state index contributed by atoms with van der Waals surface area (Å²) >= 11 is 5.91. The highest BCUT2D eigenvalue weighted by Gasteiger charge is 2.18. The number of anilines is 2. The third-order valence-electron chi connectivity index (χ3n) is 4.12. The second-order valence-corrected chi connectivity index (χ2v) is 8.38. The number of sulfonamides is 1. The Hall–Kier alpha value is -3.16. The van der Waals surface area contributed by atoms with Crippen LogP contribution in [0.4, 0.5) is 11.4 Å². The Morgan fingerprint density at radius 1 is 0.966 bits per heavy atom. The molecule has 1 amide bonds. The van der Waals surface area contributed by atoms with Crippen molar-refractivity contribution in [3.8, 4) is 0 Å². The van der Waals surface area contributed by atoms with Crippen molar-refractivity contribution >= 4 is 45.2 Å². The predicted octanol–water partition coefficient (Wildman–Crippen LogP) is 4.51. The monoisotopic (exact) mass is 428 g/mol. The molecule has 3 aromatic rings. The standard InChI is InChI=1S/C21H17ClN2O4S/c1-14-5-10-18(23-21(26)16-8-6-15(13-25)7-9-16)12-20(14)29(27,28)24-19-4-2-3-17(22)11-19/h2-13,24H,1H3,(H,23,26). The third kappa shape index (κ3) is 5.01. The molecule has 0 bridgehead atoms. The van der Waals surface area contributed by atoms with Crippen molar-refractivity contribution in [2.45, 2.75) is 11.8 Å². The number of carbonyl (C=O) groups excluding carboxylic acids is 2. The van der Waals surface area contributed by atoms with E-state index in [1.165, 1.54) is 36.4 Å². The van der Waals surface area contributed by atoms with Gasteiger partial charge in [-0.3, -0.25) is 14.3 Å². The van der Waals surface area contributed by atoms with Gasteiger partial charge in [-0.25, -0.2) is 8.42 Å². The van der Waals surface area contributed by atoms with E-state index in [1.807, 2.05) is 0 Å². The summed E-state index contributed by atoms with van der Waals surface area (Å²) < 4.78 is 28.1. The van der Waals surface area contributed by atoms with Gasteiger partial charge in [-0.2, -0.15) is 0 Å². The van der Waals surface area contributed by atoms with Crippen LogP contribution in [0.1, 0.15) is 26.3 Å². The maximum atomic E-state index is 12.8. The van der Waals surface area contributed by atoms with Gasteiger partial charge in [0.05, 0.1) is 10.6 Å². The van der Waals surface area contributed by atoms with E-state index in [-0.39, 0.29) is 4.90 Å². The fraction of sp³-hybridized carbons (Fsp3) is 0.0476. The fourth-order valence-corrected chi connectivity index (χ4v) is 4.16. The van der Waals surface area contributed by atoms with Crippen LogP contribution in [0.3, 0.4) is 0 Å². The Morgan fingerprint density at radius 3 is 2.34 bits per heavy atom. The molecule has 0 unspecified atom stereocenters. The van der Waals surface area contributed by atoms with Gasteiger partial charge >= 0.3 is 0 Å². The van der Waals surface area contributed by atoms with Crippen LogP contribution in [0.2, 0.25) is 5.02 Å². The van der Waals surface area contributed by atoms with E-state index in [9.17, 15) is 18.0 Å². The van der Waals surface area contributed by atoms with Crippen LogP contribution in [-0.4, -0.2) is 20.6 Å². The molecule has 3 rings (SSSR count). The first-order valence-corrected chi connectivity index (χ1v) is 10.4. The Balaban J connectivity index is 1.85. The summed E-state index contributed by atoms with van der Waals surface area (Å²) in [6.45, 7) is 1.66. The van der Waals surface area contributed by atoms with Crippen molar-refractivity contribution in [1.82, 2.24) is 0 Å². The smallest absolute Gasteiger partial charge is 0.262 e. The minimum atomic E-state index is -3.89. The molecule has 29 heavy (non-hydrogen) atoms. The molecule has 3 aromatic carbocycles. The number of hydrogen-bond donors (Lipinski definition) is 2. The first-order chi connectivity index (χ1) is 13.8. The number of benzene rings is 3. The number of aldehydes is 1. The number of aryl methyl sites for hydroxylation is 1. The number of amides is 1. The van der Waals surface area contributed by atoms with Crippen LogP contribution in [-0.2, 0) is 10.0 Å². The number of hydrogen-bond acceptors (Lipinski definition) is 4. The fourth-order valence-electron chi connectivity index (χ4n) is 2.65. The van der Waals surface area contributed by atoms with E-state index in [0.717, 1.165) is 0 Å². The predicted molar refractivity (Wildman–Crippen MR) is 113 cm³/mol. The third-order valence-corrected chi connectivity index (χ3v) is 5.88. The Morgan fingerprint density at radius 2 is 1.69 bits per heavy atom. The molecule has 0 aliphatic rings. The zero-order chi connectivity index (χ0) is 21.0. The van der Waals surface area contributed by atoms with Crippen molar-refractivity contribution < 1.29 is 18.0 Å². The molecule has 0 radical (unpaired) electrons. The lowest BCUT2D eigenvalue weighted by molar-refractivity contribution is 0.102. The molecule has 0 saturated carbocycles. The lowest BCUT2D eigenvalue weighted by Crippen LogP contribution is -2.16. The van der Waals surface area contributed by atoms with Gasteiger partial charge in [0.25, 0.3) is 15.9 Å². The molecule has 0 spiro atoms. The van der Waals surface area contributed by atoms with Crippen molar-refractivity contribution in [2.24, 2.45) is 0 Å². The highest BCUT2D eigenvalue weighted by molar-refractivity contribution is 7.92. The molecular formula is C21H17ClN2O4S. The van der Waals surface area contributed by atoms with E-state index in [2.05, 4.69) is 10.0 Å². The Kier molecular flexibility index (Phi) is 6.00. The normalized spacial score (nSPS) is 11.0. The maximum Gasteiger partial charge on any atom is 0.262 e. The van der Waals surface area contributed by atoms with Crippen LogP contribution in [0, 0.1) is 6.92 Å². The SMILES string of the molecule is Cc1ccc(NC(=O)c2ccc(C=O)cc2)cc1S(=O)(=O)Nc1cccc(Cl)c1. The van der Waals surface area contributed by atoms with Gasteiger partial charge in [-0.1, -0.05) is 35.9 Å². The average Bonchev–Trinajstić information content (AvgIpc) is 2.69. The van der Waals surface area contributed by atoms with Gasteiger partial charge in [-0.05, 0) is 55.0 Å². The average molecular weight is 429 g/mol. The Labute approximate surface area is 173 Å². The van der Waals surface area contributed by atoms with Gasteiger partial charge in [-0.15, -0.1) is 0 Å². The first kappa shape index (κ1) is 20.6. The highest BCUT2D eigenvalue weighted by atomic mass is 35.5. The second-order valence-electron chi connectivity index (χ2n) is 6.29. The zero-order valence-electron chi connectivity index (χ0n) is 15.3. The molecule has 0 aliphatic carbocycles. The molecule has 148 valence electrons. The molecule has 0 heterocycles. The molecule has 0 aliphatic heterocycles. The number of nitrogens with one attached hydrogen (secondary N) is 2. The van der Waals surface area contributed by atoms with Crippen LogP contribution >= 0.6 is 11.6 Å². The zero-order valence-corrected chi connectivity index (χ0v) is 16.9. The van der Waals surface area contributed by atoms with Crippen molar-refractivity contribution in [1.29, 1.82) is 0 Å². The molecule has 8 heteroatoms. The summed E-state index contributed by atoms with van der Waals surface area (Å²) in [6, 6.07) is 17.1. The summed E-state index contributed by atoms with van der Waals surface area (Å²) in [6.07, 6.45) is 0.686. The molecule has 0 atom stereocenters. The van der Waals surface area contributed by atoms with Crippen molar-refractivity contribution in [2.75, 3.05) is 10.0 Å². The van der Waals surface area contributed by atoms with Crippen LogP contribution < -0.4 is 10.0 Å². The Bertz CT molecular complexity index is 1180. The largest absolute Gasteiger partial charge is 0.322 e. The topological polar surface area (TPSA) is 92.3 Å². The van der Waals surface area contributed by atoms with Crippen LogP contribution in [0.15, 0.2) is 71.6 Å². The summed E-state index contributed by atoms with van der Waals surface area (Å²) in [5.74, 6) is -0.419. The number of rotatable bonds is 6. The molecular weight excluding hydrogens is 412 g/mol. The summed E-state index contributed by atoms with van der Waals surface area (Å²) in [5.41, 5.74) is 1.98. The second kappa shape index (κ2) is 8.46. The van der Waals surface area contributed by atoms with Gasteiger partial charge in [0.1, 0.15) is 6.29 Å². The summed E-state index contributed by atoms with van der Waals surface area (Å²) in [7, 11) is -3.89. The van der Waals surface area contributed by atoms with E-state index < -0.39 is 15.9 Å². The maximum absolute atomic E-state index is 12.8. The molecule has 0 saturated heterocycles. The minimum absolute atomic E-state index is 0.0339. The van der Waals surface area contributed by atoms with E-state index in [1.54, 1.807) is 37.3 Å². The lowest BCUT2D eigenvalue weighted by Gasteiger charge is -2.13. The molecule has 2 N–H and O–H groups in total. The van der Waals surface area contributed by atoms with Gasteiger partial charge in [0, 0.05) is 21.8 Å². The van der Waals surface area contributed by atoms with Crippen molar-refractivity contribution in [3.05, 3.63) is 88.4 Å². The van der Waals surface area contributed by atoms with Gasteiger partial charge in [0.15, 0.2) is 0 Å². The molecule has 6 nitrogen and oxygen atoms in total. The van der Waals surface area contributed by atoms with E-state index in [0.29, 0.717) is 39.4 Å². The first-order valence-electron chi connectivity index (χ1n) is 8.54.